The molecular weight excluding hydrogens is 1410 g/mol. The van der Waals surface area contributed by atoms with Gasteiger partial charge in [0.05, 0.1) is 64.0 Å². The molecule has 38 heteroatoms. The van der Waals surface area contributed by atoms with Crippen molar-refractivity contribution in [2.75, 3.05) is 100 Å². The largest absolute Gasteiger partial charge is 0.481 e. The number of rotatable bonds is 23. The van der Waals surface area contributed by atoms with Gasteiger partial charge in [0.1, 0.15) is 21.5 Å². The van der Waals surface area contributed by atoms with Crippen molar-refractivity contribution < 1.29 is 69.3 Å². The zero-order chi connectivity index (χ0) is 68.3. The van der Waals surface area contributed by atoms with Gasteiger partial charge in [-0.25, -0.2) is 40.7 Å². The maximum absolute atomic E-state index is 12.8. The van der Waals surface area contributed by atoms with Crippen LogP contribution in [0.5, 0.6) is 17.8 Å². The Bertz CT molecular complexity index is 3740. The van der Waals surface area contributed by atoms with E-state index in [9.17, 15) is 45.6 Å². The Morgan fingerprint density at radius 1 is 0.707 bits per heavy atom. The summed E-state index contributed by atoms with van der Waals surface area (Å²) in [7, 11) is 0.690. The fourth-order valence-electron chi connectivity index (χ4n) is 7.43. The van der Waals surface area contributed by atoms with Crippen molar-refractivity contribution in [3.8, 4) is 17.8 Å². The Balaban J connectivity index is 0.000000432. The van der Waals surface area contributed by atoms with Gasteiger partial charge in [-0.3, -0.25) is 25.0 Å². The van der Waals surface area contributed by atoms with E-state index in [4.69, 9.17) is 42.1 Å². The number of benzene rings is 3. The van der Waals surface area contributed by atoms with Gasteiger partial charge in [0, 0.05) is 72.6 Å². The number of nitrogens with zero attached hydrogens (tertiary/aromatic N) is 10. The van der Waals surface area contributed by atoms with E-state index in [2.05, 4.69) is 84.2 Å². The molecule has 1 unspecified atom stereocenters. The van der Waals surface area contributed by atoms with Crippen molar-refractivity contribution in [2.45, 2.75) is 76.8 Å². The molecule has 6 aromatic rings. The van der Waals surface area contributed by atoms with Crippen molar-refractivity contribution in [1.29, 1.82) is 0 Å². The number of esters is 1. The molecule has 3 heterocycles. The van der Waals surface area contributed by atoms with Gasteiger partial charge in [0.25, 0.3) is 26.0 Å². The quantitative estimate of drug-likeness (QED) is 0.0128. The molecule has 0 aliphatic heterocycles. The molecule has 0 bridgehead atoms. The van der Waals surface area contributed by atoms with Gasteiger partial charge in [-0.2, -0.15) is 39.9 Å². The molecule has 0 saturated heterocycles. The van der Waals surface area contributed by atoms with Gasteiger partial charge >= 0.3 is 24.0 Å². The molecule has 0 fully saturated rings. The number of halogens is 3. The van der Waals surface area contributed by atoms with E-state index in [1.807, 2.05) is 69.3 Å². The minimum absolute atomic E-state index is 0. The van der Waals surface area contributed by atoms with E-state index in [1.165, 1.54) is 71.8 Å². The molecule has 495 valence electrons. The fourth-order valence-corrected chi connectivity index (χ4v) is 10.7. The number of para-hydroxylation sites is 1. The molecule has 3 aromatic heterocycles. The van der Waals surface area contributed by atoms with Crippen molar-refractivity contribution in [3.05, 3.63) is 97.6 Å². The number of aromatic nitrogens is 8. The smallest absolute Gasteiger partial charge is 0.339 e. The van der Waals surface area contributed by atoms with E-state index < -0.39 is 53.8 Å². The van der Waals surface area contributed by atoms with Gasteiger partial charge in [-0.05, 0) is 130 Å². The second-order valence-electron chi connectivity index (χ2n) is 18.6. The molecule has 7 amide bonds. The number of carbonyl (C=O) groups is 6. The van der Waals surface area contributed by atoms with Crippen LogP contribution in [0.25, 0.3) is 0 Å². The van der Waals surface area contributed by atoms with E-state index in [-0.39, 0.29) is 111 Å². The van der Waals surface area contributed by atoms with Crippen LogP contribution in [-0.4, -0.2) is 208 Å². The van der Waals surface area contributed by atoms with E-state index in [1.54, 1.807) is 28.4 Å². The van der Waals surface area contributed by atoms with Crippen LogP contribution in [0.1, 0.15) is 72.3 Å². The number of hydrogen-bond donors (Lipinski definition) is 7. The molecule has 0 saturated carbocycles. The third-order valence-corrected chi connectivity index (χ3v) is 15.0. The first-order valence-electron chi connectivity index (χ1n) is 26.7. The zero-order valence-corrected chi connectivity index (χ0v) is 60.2. The van der Waals surface area contributed by atoms with Crippen LogP contribution in [0.3, 0.4) is 0 Å². The standard InChI is InChI=1S/C17H20N6O7S.C15H22ClNO2.C14H14IN5O6S.C8H14ClN5.Na/c1-23(2)15(25)11-6-5-10(18-9-24)7-12(11)31(27,28)22-17(26)21-16-19-13(29-3)8-14(20-16)30-4;1-5-13-8-6-7-11(2)15(13)17(14(18)9-16)12(3)10-19-4;1-7-16-12(19-14(17-7)26-3)18-13(22)20-27(23,24)10-6-8(15)4-5-9(10)11(21)25-2;1-4-10-7-12-6(9)13-8(14-7)11-5(2)3;/h5-9H,1-4H3,(H,18,24)(H2,19,20,21,22,26);6-8,12H,5,9-10H2,1-4H3;4-6H,1-3H3,(H2,16,17,18,19,20,22);5H,4H2,1-3H3,(H2,10,11,12,13,14);. The molecule has 0 aliphatic carbocycles. The second-order valence-corrected chi connectivity index (χ2v) is 23.8. The summed E-state index contributed by atoms with van der Waals surface area (Å²) in [4.78, 5) is 105. The number of nitrogens with one attached hydrogen (secondary N) is 7. The minimum atomic E-state index is -4.54. The summed E-state index contributed by atoms with van der Waals surface area (Å²) in [5.74, 6) is -0.705. The van der Waals surface area contributed by atoms with E-state index in [0.717, 1.165) is 47.9 Å². The summed E-state index contributed by atoms with van der Waals surface area (Å²) in [6, 6.07) is 13.0. The predicted molar refractivity (Wildman–Crippen MR) is 353 cm³/mol. The number of anilines is 6. The van der Waals surface area contributed by atoms with Gasteiger partial charge in [0.15, 0.2) is 0 Å². The number of aryl methyl sites for hydroxylation is 3. The second kappa shape index (κ2) is 39.0. The van der Waals surface area contributed by atoms with Gasteiger partial charge < -0.3 is 49.4 Å². The van der Waals surface area contributed by atoms with E-state index in [0.29, 0.717) is 28.5 Å². The van der Waals surface area contributed by atoms with Crippen LogP contribution in [0.2, 0.25) is 5.28 Å². The zero-order valence-electron chi connectivity index (χ0n) is 52.9. The Kier molecular flexibility index (Phi) is 34.1. The number of alkyl halides is 1. The van der Waals surface area contributed by atoms with Crippen molar-refractivity contribution in [2.24, 2.45) is 0 Å². The Morgan fingerprint density at radius 3 is 1.79 bits per heavy atom. The monoisotopic (exact) mass is 1480 g/mol. The molecule has 0 spiro atoms. The summed E-state index contributed by atoms with van der Waals surface area (Å²) >= 11 is 13.4. The first kappa shape index (κ1) is 80.4. The van der Waals surface area contributed by atoms with Gasteiger partial charge in [-0.15, -0.1) is 11.6 Å². The first-order valence-corrected chi connectivity index (χ1v) is 31.6. The third-order valence-electron chi connectivity index (χ3n) is 11.2. The normalized spacial score (nSPS) is 10.8. The van der Waals surface area contributed by atoms with Crippen molar-refractivity contribution in [3.63, 3.8) is 0 Å². The van der Waals surface area contributed by atoms with Crippen LogP contribution in [0, 0.1) is 17.4 Å². The van der Waals surface area contributed by atoms with Crippen LogP contribution in [0.15, 0.2) is 70.5 Å². The number of methoxy groups -OCH3 is 5. The minimum Gasteiger partial charge on any atom is -0.481 e. The summed E-state index contributed by atoms with van der Waals surface area (Å²) in [5.41, 5.74) is 2.89. The van der Waals surface area contributed by atoms with Crippen molar-refractivity contribution >= 4 is 167 Å². The summed E-state index contributed by atoms with van der Waals surface area (Å²) in [6.45, 7) is 14.8. The Labute approximate surface area is 578 Å². The first-order chi connectivity index (χ1) is 42.9. The fraction of sp³-hybridized carbons (Fsp3) is 0.370. The average molecular weight is 1480 g/mol. The summed E-state index contributed by atoms with van der Waals surface area (Å²) in [5, 5.41) is 12.8. The Morgan fingerprint density at radius 2 is 1.28 bits per heavy atom. The number of amides is 7. The molecule has 92 heavy (non-hydrogen) atoms. The van der Waals surface area contributed by atoms with Crippen LogP contribution >= 0.6 is 45.8 Å². The van der Waals surface area contributed by atoms with Crippen molar-refractivity contribution in [1.82, 2.24) is 54.2 Å². The summed E-state index contributed by atoms with van der Waals surface area (Å²) in [6.07, 6.45) is 1.22. The van der Waals surface area contributed by atoms with Gasteiger partial charge in [-0.1, -0.05) is 25.1 Å². The number of sulfonamides is 2. The van der Waals surface area contributed by atoms with Crippen LogP contribution in [-0.2, 0) is 45.5 Å². The molecular formula is C54H70Cl2IN17NaO15S2. The van der Waals surface area contributed by atoms with Crippen LogP contribution in [0.4, 0.5) is 44.8 Å². The van der Waals surface area contributed by atoms with Crippen LogP contribution < -0.4 is 55.1 Å². The summed E-state index contributed by atoms with van der Waals surface area (Å²) < 4.78 is 79.4. The third kappa shape index (κ3) is 25.1. The number of carbonyl (C=O) groups excluding carboxylic acids is 6. The molecule has 1 radical (unpaired) electrons. The molecule has 7 N–H and O–H groups in total. The number of urea groups is 2. The predicted octanol–water partition coefficient (Wildman–Crippen LogP) is 5.92. The van der Waals surface area contributed by atoms with E-state index >= 15 is 0 Å². The topological polar surface area (TPSA) is 411 Å². The Hall–Kier alpha value is -7.65. The molecule has 1 atom stereocenters. The molecule has 6 rings (SSSR count). The molecule has 0 aliphatic rings. The molecule has 3 aromatic carbocycles. The SMILES string of the molecule is CCNc1nc(Cl)nc(NC(C)C)n1.CCc1cccc(C)c1N(C(=O)CCl)C(C)COC.COC(=O)c1ccc(I)cc1S(=O)(=O)NC(=O)Nc1nc(C)nc(OC)n1.COc1cc(OC)nc(NC(=O)NS(=O)(=O)c2cc(NC=O)ccc2C(=O)N(C)C)n1.[Na]. The number of ether oxygens (including phenoxy) is 5. The maximum Gasteiger partial charge on any atom is 0.339 e. The van der Waals surface area contributed by atoms with Gasteiger partial charge in [0.2, 0.25) is 53.2 Å². The maximum atomic E-state index is 12.8. The average Bonchev–Trinajstić information content (AvgIpc) is 0.819. The number of hydrogen-bond acceptors (Lipinski definition) is 25. The molecule has 32 nitrogen and oxygen atoms in total.